The molecule has 2 aromatic carbocycles. The summed E-state index contributed by atoms with van der Waals surface area (Å²) in [7, 11) is 1.69. The van der Waals surface area contributed by atoms with Gasteiger partial charge in [0, 0.05) is 48.7 Å². The number of halogens is 2. The van der Waals surface area contributed by atoms with Crippen molar-refractivity contribution in [1.29, 1.82) is 0 Å². The standard InChI is InChI=1S/C40H49BrClN3O7/c1-5-7-17-31(47)43(4)26(3)34(27-15-11-10-12-16-27)51-39(50)32-33-37(48)45(23-13-8-9-14-24-46)36(40(33)25-30(41)35(32)52-40)38(49)44(22-6-2)29-20-18-28(42)19-21-29/h5-6,10-12,15-16,18-21,26,30,32-36,46H,1-2,7-9,13-14,17,22-25H2,3-4H3/t26-,30?,32-,33+,34+,35-,36-,40+/m0/s1. The molecular weight excluding hydrogens is 750 g/mol. The molecule has 8 atom stereocenters. The van der Waals surface area contributed by atoms with Crippen LogP contribution in [0, 0.1) is 11.8 Å². The third-order valence-electron chi connectivity index (χ3n) is 10.7. The summed E-state index contributed by atoms with van der Waals surface area (Å²) in [5.41, 5.74) is 0.00735. The first-order valence-corrected chi connectivity index (χ1v) is 19.3. The predicted molar refractivity (Wildman–Crippen MR) is 204 cm³/mol. The van der Waals surface area contributed by atoms with Crippen molar-refractivity contribution >= 4 is 56.9 Å². The number of carbonyl (C=O) groups is 4. The molecule has 3 amide bonds. The van der Waals surface area contributed by atoms with E-state index in [0.717, 1.165) is 12.8 Å². The molecule has 0 aliphatic carbocycles. The van der Waals surface area contributed by atoms with E-state index < -0.39 is 47.7 Å². The normalized spacial score (nSPS) is 25.7. The molecule has 0 saturated carbocycles. The van der Waals surface area contributed by atoms with Crippen molar-refractivity contribution in [2.75, 3.05) is 31.6 Å². The van der Waals surface area contributed by atoms with E-state index in [4.69, 9.17) is 21.1 Å². The van der Waals surface area contributed by atoms with E-state index in [0.29, 0.717) is 42.0 Å². The van der Waals surface area contributed by atoms with E-state index in [1.807, 2.05) is 37.3 Å². The van der Waals surface area contributed by atoms with Gasteiger partial charge in [0.1, 0.15) is 17.7 Å². The second kappa shape index (κ2) is 17.5. The largest absolute Gasteiger partial charge is 0.455 e. The molecule has 3 heterocycles. The molecule has 3 aliphatic rings. The van der Waals surface area contributed by atoms with E-state index in [1.165, 1.54) is 0 Å². The van der Waals surface area contributed by atoms with Crippen LogP contribution in [0.2, 0.25) is 5.02 Å². The van der Waals surface area contributed by atoms with E-state index >= 15 is 0 Å². The molecular formula is C40H49BrClN3O7. The first-order chi connectivity index (χ1) is 25.0. The highest BCUT2D eigenvalue weighted by molar-refractivity contribution is 9.09. The molecule has 2 bridgehead atoms. The lowest BCUT2D eigenvalue weighted by Crippen LogP contribution is -2.57. The number of fused-ring (bicyclic) bond motifs is 1. The number of likely N-dealkylation sites (tertiary alicyclic amines) is 1. The van der Waals surface area contributed by atoms with Crippen molar-refractivity contribution in [2.45, 2.75) is 86.6 Å². The van der Waals surface area contributed by atoms with E-state index in [9.17, 15) is 24.3 Å². The number of rotatable bonds is 18. The number of hydrogen-bond acceptors (Lipinski definition) is 7. The van der Waals surface area contributed by atoms with Gasteiger partial charge in [0.25, 0.3) is 5.91 Å². The zero-order chi connectivity index (χ0) is 37.6. The third-order valence-corrected chi connectivity index (χ3v) is 11.8. The molecule has 5 rings (SSSR count). The highest BCUT2D eigenvalue weighted by Crippen LogP contribution is 2.60. The smallest absolute Gasteiger partial charge is 0.313 e. The van der Waals surface area contributed by atoms with E-state index in [-0.39, 0.29) is 48.7 Å². The maximum Gasteiger partial charge on any atom is 0.313 e. The number of ether oxygens (including phenoxy) is 2. The van der Waals surface area contributed by atoms with Gasteiger partial charge in [-0.3, -0.25) is 19.2 Å². The number of alkyl halides is 1. The number of likely N-dealkylation sites (N-methyl/N-ethyl adjacent to an activating group) is 1. The van der Waals surface area contributed by atoms with Gasteiger partial charge in [0.2, 0.25) is 11.8 Å². The summed E-state index contributed by atoms with van der Waals surface area (Å²) in [5, 5.41) is 9.82. The Morgan fingerprint density at radius 3 is 2.44 bits per heavy atom. The summed E-state index contributed by atoms with van der Waals surface area (Å²) in [6.07, 6.45) is 5.68. The molecule has 1 N–H and O–H groups in total. The molecule has 3 saturated heterocycles. The van der Waals surface area contributed by atoms with Gasteiger partial charge >= 0.3 is 5.97 Å². The van der Waals surface area contributed by atoms with Crippen LogP contribution in [0.4, 0.5) is 5.69 Å². The number of allylic oxidation sites excluding steroid dienone is 1. The van der Waals surface area contributed by atoms with Crippen molar-refractivity contribution in [2.24, 2.45) is 11.8 Å². The number of hydrogen-bond donors (Lipinski definition) is 1. The average Bonchev–Trinajstić information content (AvgIpc) is 3.74. The van der Waals surface area contributed by atoms with Crippen LogP contribution in [0.25, 0.3) is 0 Å². The average molecular weight is 799 g/mol. The Kier molecular flexibility index (Phi) is 13.4. The highest BCUT2D eigenvalue weighted by atomic mass is 79.9. The molecule has 0 radical (unpaired) electrons. The van der Waals surface area contributed by atoms with Gasteiger partial charge in [-0.1, -0.05) is 82.9 Å². The fourth-order valence-electron chi connectivity index (χ4n) is 8.01. The van der Waals surface area contributed by atoms with E-state index in [2.05, 4.69) is 29.1 Å². The Labute approximate surface area is 319 Å². The number of benzene rings is 2. The first kappa shape index (κ1) is 39.7. The summed E-state index contributed by atoms with van der Waals surface area (Å²) in [5.74, 6) is -3.33. The minimum Gasteiger partial charge on any atom is -0.455 e. The lowest BCUT2D eigenvalue weighted by Gasteiger charge is -2.37. The Morgan fingerprint density at radius 2 is 1.79 bits per heavy atom. The van der Waals surface area contributed by atoms with Crippen LogP contribution in [-0.2, 0) is 28.7 Å². The topological polar surface area (TPSA) is 117 Å². The summed E-state index contributed by atoms with van der Waals surface area (Å²) >= 11 is 9.94. The zero-order valence-corrected chi connectivity index (χ0v) is 32.2. The Hall–Kier alpha value is -3.51. The van der Waals surface area contributed by atoms with Crippen LogP contribution in [0.1, 0.15) is 63.5 Å². The highest BCUT2D eigenvalue weighted by Gasteiger charge is 2.77. The predicted octanol–water partition coefficient (Wildman–Crippen LogP) is 6.26. The van der Waals surface area contributed by atoms with Gasteiger partial charge < -0.3 is 29.3 Å². The number of aliphatic hydroxyl groups is 1. The molecule has 52 heavy (non-hydrogen) atoms. The summed E-state index contributed by atoms with van der Waals surface area (Å²) < 4.78 is 13.1. The number of anilines is 1. The van der Waals surface area contributed by atoms with Crippen LogP contribution < -0.4 is 4.90 Å². The van der Waals surface area contributed by atoms with Gasteiger partial charge in [-0.2, -0.15) is 0 Å². The fraction of sp³-hybridized carbons (Fsp3) is 0.500. The van der Waals surface area contributed by atoms with Gasteiger partial charge in [-0.05, 0) is 62.4 Å². The van der Waals surface area contributed by atoms with Crippen molar-refractivity contribution in [3.8, 4) is 0 Å². The van der Waals surface area contributed by atoms with Crippen LogP contribution in [0.3, 0.4) is 0 Å². The van der Waals surface area contributed by atoms with Gasteiger partial charge in [0.05, 0.1) is 24.0 Å². The van der Waals surface area contributed by atoms with Gasteiger partial charge in [0.15, 0.2) is 0 Å². The number of nitrogens with zero attached hydrogens (tertiary/aromatic N) is 3. The molecule has 0 aromatic heterocycles. The fourth-order valence-corrected chi connectivity index (χ4v) is 9.08. The molecule has 2 aromatic rings. The molecule has 12 heteroatoms. The monoisotopic (exact) mass is 797 g/mol. The molecule has 1 spiro atoms. The summed E-state index contributed by atoms with van der Waals surface area (Å²) in [4.78, 5) is 61.6. The van der Waals surface area contributed by atoms with Gasteiger partial charge in [-0.25, -0.2) is 0 Å². The van der Waals surface area contributed by atoms with Crippen molar-refractivity contribution < 1.29 is 33.8 Å². The molecule has 3 aliphatic heterocycles. The zero-order valence-electron chi connectivity index (χ0n) is 29.9. The lowest BCUT2D eigenvalue weighted by atomic mass is 9.70. The first-order valence-electron chi connectivity index (χ1n) is 18.0. The number of amides is 3. The van der Waals surface area contributed by atoms with Crippen LogP contribution in [0.5, 0.6) is 0 Å². The second-order valence-corrected chi connectivity index (χ2v) is 15.5. The van der Waals surface area contributed by atoms with Crippen LogP contribution in [-0.4, -0.2) is 94.0 Å². The molecule has 280 valence electrons. The molecule has 3 fully saturated rings. The lowest BCUT2D eigenvalue weighted by molar-refractivity contribution is -0.164. The molecule has 10 nitrogen and oxygen atoms in total. The minimum absolute atomic E-state index is 0.0829. The number of esters is 1. The minimum atomic E-state index is -1.29. The van der Waals surface area contributed by atoms with Crippen LogP contribution >= 0.6 is 27.5 Å². The Balaban J connectivity index is 1.50. The quantitative estimate of drug-likeness (QED) is 0.0820. The van der Waals surface area contributed by atoms with E-state index in [1.54, 1.807) is 58.2 Å². The number of unbranched alkanes of at least 4 members (excludes halogenated alkanes) is 3. The van der Waals surface area contributed by atoms with Crippen molar-refractivity contribution in [3.63, 3.8) is 0 Å². The maximum atomic E-state index is 14.8. The second-order valence-electron chi connectivity index (χ2n) is 13.9. The molecule has 1 unspecified atom stereocenters. The number of aliphatic hydroxyl groups excluding tert-OH is 1. The SMILES string of the molecule is C=CCCC(=O)N(C)[C@@H](C)[C@@H](OC(=O)[C@@H]1[C@H]2O[C@@]3(CC2Br)[C@H](C(=O)N(CC=C)c2ccc(Cl)cc2)N(CCCCCCO)C(=O)[C@@H]13)c1ccccc1. The maximum absolute atomic E-state index is 14.8. The number of carbonyl (C=O) groups excluding carboxylic acids is 4. The van der Waals surface area contributed by atoms with Crippen LogP contribution in [0.15, 0.2) is 79.9 Å². The Morgan fingerprint density at radius 1 is 1.10 bits per heavy atom. The van der Waals surface area contributed by atoms with Gasteiger partial charge in [-0.15, -0.1) is 13.2 Å². The Bertz CT molecular complexity index is 1610. The summed E-state index contributed by atoms with van der Waals surface area (Å²) in [6, 6.07) is 14.6. The summed E-state index contributed by atoms with van der Waals surface area (Å²) in [6.45, 7) is 9.98. The third kappa shape index (κ3) is 7.88. The van der Waals surface area contributed by atoms with Crippen molar-refractivity contribution in [3.05, 3.63) is 90.5 Å². The van der Waals surface area contributed by atoms with Crippen molar-refractivity contribution in [1.82, 2.24) is 9.80 Å².